The molecule has 0 aromatic heterocycles. The second-order valence-corrected chi connectivity index (χ2v) is 7.15. The van der Waals surface area contributed by atoms with Gasteiger partial charge < -0.3 is 24.8 Å². The SMILES string of the molecule is CCNC(=NCc1ccc(C)cc1OCC1CCOC1)NCC(C)C(=O)OC.I. The van der Waals surface area contributed by atoms with Gasteiger partial charge in [0.1, 0.15) is 5.75 Å². The standard InChI is InChI=1S/C21H33N3O4.HI/c1-5-22-21(23-11-16(3)20(25)26-4)24-12-18-7-6-15(2)10-19(18)28-14-17-8-9-27-13-17;/h6-7,10,16-17H,5,8-9,11-14H2,1-4H3,(H2,22,23,24);1H. The summed E-state index contributed by atoms with van der Waals surface area (Å²) in [5.41, 5.74) is 2.19. The first-order chi connectivity index (χ1) is 13.5. The summed E-state index contributed by atoms with van der Waals surface area (Å²) >= 11 is 0. The molecule has 1 aliphatic heterocycles. The molecule has 29 heavy (non-hydrogen) atoms. The molecule has 1 saturated heterocycles. The Morgan fingerprint density at radius 3 is 2.83 bits per heavy atom. The van der Waals surface area contributed by atoms with E-state index in [1.807, 2.05) is 13.8 Å². The molecule has 7 nitrogen and oxygen atoms in total. The van der Waals surface area contributed by atoms with Crippen LogP contribution in [0.4, 0.5) is 0 Å². The molecule has 0 radical (unpaired) electrons. The lowest BCUT2D eigenvalue weighted by Crippen LogP contribution is -2.40. The highest BCUT2D eigenvalue weighted by atomic mass is 127. The summed E-state index contributed by atoms with van der Waals surface area (Å²) < 4.78 is 16.3. The predicted molar refractivity (Wildman–Crippen MR) is 125 cm³/mol. The van der Waals surface area contributed by atoms with Gasteiger partial charge in [-0.05, 0) is 31.9 Å². The Bertz CT molecular complexity index is 663. The van der Waals surface area contributed by atoms with E-state index in [1.165, 1.54) is 7.11 Å². The molecule has 164 valence electrons. The number of hydrogen-bond acceptors (Lipinski definition) is 5. The third-order valence-electron chi connectivity index (χ3n) is 4.65. The fourth-order valence-electron chi connectivity index (χ4n) is 2.89. The lowest BCUT2D eigenvalue weighted by atomic mass is 10.1. The lowest BCUT2D eigenvalue weighted by Gasteiger charge is -2.16. The highest BCUT2D eigenvalue weighted by Gasteiger charge is 2.17. The number of methoxy groups -OCH3 is 1. The average molecular weight is 519 g/mol. The van der Waals surface area contributed by atoms with Crippen molar-refractivity contribution in [1.29, 1.82) is 0 Å². The molecule has 2 rings (SSSR count). The average Bonchev–Trinajstić information content (AvgIpc) is 3.22. The minimum atomic E-state index is -0.249. The predicted octanol–water partition coefficient (Wildman–Crippen LogP) is 2.89. The molecular weight excluding hydrogens is 485 g/mol. The first-order valence-electron chi connectivity index (χ1n) is 9.93. The van der Waals surface area contributed by atoms with Crippen molar-refractivity contribution >= 4 is 35.9 Å². The summed E-state index contributed by atoms with van der Waals surface area (Å²) in [7, 11) is 1.40. The second kappa shape index (κ2) is 13.6. The van der Waals surface area contributed by atoms with Crippen molar-refractivity contribution in [3.05, 3.63) is 29.3 Å². The Kier molecular flexibility index (Phi) is 12.0. The van der Waals surface area contributed by atoms with Gasteiger partial charge in [0.2, 0.25) is 0 Å². The number of esters is 1. The van der Waals surface area contributed by atoms with Crippen molar-refractivity contribution in [3.63, 3.8) is 0 Å². The Hall–Kier alpha value is -1.55. The summed E-state index contributed by atoms with van der Waals surface area (Å²) in [6.07, 6.45) is 1.05. The van der Waals surface area contributed by atoms with Gasteiger partial charge >= 0.3 is 5.97 Å². The number of nitrogens with one attached hydrogen (secondary N) is 2. The van der Waals surface area contributed by atoms with E-state index < -0.39 is 0 Å². The van der Waals surface area contributed by atoms with E-state index >= 15 is 0 Å². The minimum absolute atomic E-state index is 0. The van der Waals surface area contributed by atoms with Gasteiger partial charge in [-0.15, -0.1) is 24.0 Å². The number of hydrogen-bond donors (Lipinski definition) is 2. The van der Waals surface area contributed by atoms with Gasteiger partial charge in [0, 0.05) is 31.2 Å². The van der Waals surface area contributed by atoms with E-state index in [9.17, 15) is 4.79 Å². The van der Waals surface area contributed by atoms with Crippen molar-refractivity contribution < 1.29 is 19.0 Å². The molecule has 2 unspecified atom stereocenters. The second-order valence-electron chi connectivity index (χ2n) is 7.15. The summed E-state index contributed by atoms with van der Waals surface area (Å²) in [6.45, 7) is 9.81. The van der Waals surface area contributed by atoms with Gasteiger partial charge in [-0.2, -0.15) is 0 Å². The zero-order valence-electron chi connectivity index (χ0n) is 17.8. The molecule has 2 N–H and O–H groups in total. The van der Waals surface area contributed by atoms with Crippen molar-refractivity contribution in [1.82, 2.24) is 10.6 Å². The van der Waals surface area contributed by atoms with E-state index in [-0.39, 0.29) is 35.9 Å². The van der Waals surface area contributed by atoms with Gasteiger partial charge in [0.15, 0.2) is 5.96 Å². The third-order valence-corrected chi connectivity index (χ3v) is 4.65. The highest BCUT2D eigenvalue weighted by Crippen LogP contribution is 2.23. The Labute approximate surface area is 191 Å². The number of rotatable bonds is 9. The molecule has 2 atom stereocenters. The number of guanidine groups is 1. The first kappa shape index (κ1) is 25.5. The van der Waals surface area contributed by atoms with Crippen molar-refractivity contribution in [2.45, 2.75) is 33.7 Å². The van der Waals surface area contributed by atoms with Crippen LogP contribution >= 0.6 is 24.0 Å². The fraction of sp³-hybridized carbons (Fsp3) is 0.619. The smallest absolute Gasteiger partial charge is 0.310 e. The molecular formula is C21H34IN3O4. The van der Waals surface area contributed by atoms with Crippen LogP contribution in [0.1, 0.15) is 31.4 Å². The lowest BCUT2D eigenvalue weighted by molar-refractivity contribution is -0.144. The number of aryl methyl sites for hydroxylation is 1. The Morgan fingerprint density at radius 1 is 1.38 bits per heavy atom. The number of carbonyl (C=O) groups excluding carboxylic acids is 1. The number of nitrogens with zero attached hydrogens (tertiary/aromatic N) is 1. The number of halogens is 1. The van der Waals surface area contributed by atoms with Gasteiger partial charge in [0.05, 0.1) is 32.8 Å². The maximum absolute atomic E-state index is 11.6. The van der Waals surface area contributed by atoms with E-state index in [0.717, 1.165) is 43.1 Å². The summed E-state index contributed by atoms with van der Waals surface area (Å²) in [4.78, 5) is 16.2. The molecule has 1 aromatic carbocycles. The van der Waals surface area contributed by atoms with Crippen LogP contribution < -0.4 is 15.4 Å². The molecule has 1 heterocycles. The van der Waals surface area contributed by atoms with E-state index in [0.29, 0.717) is 31.6 Å². The largest absolute Gasteiger partial charge is 0.493 e. The van der Waals surface area contributed by atoms with Crippen LogP contribution in [0.15, 0.2) is 23.2 Å². The molecule has 0 saturated carbocycles. The normalized spacial score (nSPS) is 17.2. The van der Waals surface area contributed by atoms with Gasteiger partial charge in [-0.3, -0.25) is 4.79 Å². The zero-order chi connectivity index (χ0) is 20.4. The zero-order valence-corrected chi connectivity index (χ0v) is 20.2. The Balaban J connectivity index is 0.00000420. The highest BCUT2D eigenvalue weighted by molar-refractivity contribution is 14.0. The van der Waals surface area contributed by atoms with Gasteiger partial charge in [-0.25, -0.2) is 4.99 Å². The topological polar surface area (TPSA) is 81.2 Å². The van der Waals surface area contributed by atoms with Gasteiger partial charge in [0.25, 0.3) is 0 Å². The molecule has 1 aromatic rings. The fourth-order valence-corrected chi connectivity index (χ4v) is 2.89. The molecule has 1 aliphatic rings. The Morgan fingerprint density at radius 2 is 2.17 bits per heavy atom. The molecule has 8 heteroatoms. The van der Waals surface area contributed by atoms with Crippen LogP contribution in [-0.4, -0.2) is 51.9 Å². The quantitative estimate of drug-likeness (QED) is 0.226. The van der Waals surface area contributed by atoms with Crippen LogP contribution in [0.2, 0.25) is 0 Å². The van der Waals surface area contributed by atoms with Gasteiger partial charge in [-0.1, -0.05) is 19.1 Å². The van der Waals surface area contributed by atoms with Crippen molar-refractivity contribution in [2.75, 3.05) is 40.0 Å². The van der Waals surface area contributed by atoms with Crippen LogP contribution in [-0.2, 0) is 20.8 Å². The first-order valence-corrected chi connectivity index (χ1v) is 9.93. The van der Waals surface area contributed by atoms with E-state index in [4.69, 9.17) is 14.2 Å². The van der Waals surface area contributed by atoms with Crippen LogP contribution in [0, 0.1) is 18.8 Å². The van der Waals surface area contributed by atoms with E-state index in [2.05, 4.69) is 40.7 Å². The number of ether oxygens (including phenoxy) is 3. The molecule has 0 bridgehead atoms. The van der Waals surface area contributed by atoms with E-state index in [1.54, 1.807) is 0 Å². The number of carbonyl (C=O) groups is 1. The molecule has 0 aliphatic carbocycles. The third kappa shape index (κ3) is 8.77. The molecule has 1 fully saturated rings. The molecule has 0 spiro atoms. The summed E-state index contributed by atoms with van der Waals surface area (Å²) in [5.74, 6) is 1.49. The van der Waals surface area contributed by atoms with Crippen molar-refractivity contribution in [2.24, 2.45) is 16.8 Å². The maximum Gasteiger partial charge on any atom is 0.310 e. The summed E-state index contributed by atoms with van der Waals surface area (Å²) in [5, 5.41) is 6.40. The number of benzene rings is 1. The van der Waals surface area contributed by atoms with Crippen LogP contribution in [0.3, 0.4) is 0 Å². The van der Waals surface area contributed by atoms with Crippen LogP contribution in [0.5, 0.6) is 5.75 Å². The maximum atomic E-state index is 11.6. The van der Waals surface area contributed by atoms with Crippen LogP contribution in [0.25, 0.3) is 0 Å². The minimum Gasteiger partial charge on any atom is -0.493 e. The monoisotopic (exact) mass is 519 g/mol. The van der Waals surface area contributed by atoms with Crippen molar-refractivity contribution in [3.8, 4) is 5.75 Å². The summed E-state index contributed by atoms with van der Waals surface area (Å²) in [6, 6.07) is 6.18. The number of aliphatic imine (C=N–C) groups is 1. The molecule has 0 amide bonds.